The van der Waals surface area contributed by atoms with E-state index in [1.165, 1.54) is 83.5 Å². The third-order valence-electron chi connectivity index (χ3n) is 9.96. The minimum absolute atomic E-state index is 0.426. The van der Waals surface area contributed by atoms with Gasteiger partial charge in [-0.25, -0.2) is 0 Å². The zero-order valence-corrected chi connectivity index (χ0v) is 35.4. The van der Waals surface area contributed by atoms with Gasteiger partial charge in [0.2, 0.25) is 0 Å². The predicted octanol–water partition coefficient (Wildman–Crippen LogP) is 10.6. The van der Waals surface area contributed by atoms with Gasteiger partial charge in [0.25, 0.3) is 0 Å². The summed E-state index contributed by atoms with van der Waals surface area (Å²) in [6.45, 7) is 10.5. The number of hydrogen-bond acceptors (Lipinski definition) is 8. The summed E-state index contributed by atoms with van der Waals surface area (Å²) in [5, 5.41) is 0. The molecule has 0 saturated heterocycles. The SMILES string of the molecule is CCCCCCCCCCCCCCCCOCCOCCOCCOCCOCCOCCOCCOC(c1ccccc1)(c1ccccc1)c1ccccc1. The van der Waals surface area contributed by atoms with Crippen molar-refractivity contribution in [3.05, 3.63) is 108 Å². The third-order valence-corrected chi connectivity index (χ3v) is 9.96. The van der Waals surface area contributed by atoms with Crippen molar-refractivity contribution in [3.8, 4) is 0 Å². The molecule has 0 saturated carbocycles. The zero-order chi connectivity index (χ0) is 40.0. The summed E-state index contributed by atoms with van der Waals surface area (Å²) in [6, 6.07) is 31.1. The van der Waals surface area contributed by atoms with Gasteiger partial charge in [0.15, 0.2) is 0 Å². The Balaban J connectivity index is 1.03. The van der Waals surface area contributed by atoms with E-state index in [1.54, 1.807) is 0 Å². The Morgan fingerprint density at radius 1 is 0.281 bits per heavy atom. The van der Waals surface area contributed by atoms with Crippen molar-refractivity contribution in [3.63, 3.8) is 0 Å². The molecule has 3 aromatic carbocycles. The highest BCUT2D eigenvalue weighted by Crippen LogP contribution is 2.40. The van der Waals surface area contributed by atoms with Crippen molar-refractivity contribution in [1.82, 2.24) is 0 Å². The van der Waals surface area contributed by atoms with Crippen LogP contribution in [0.15, 0.2) is 91.0 Å². The third kappa shape index (κ3) is 22.9. The number of ether oxygens (including phenoxy) is 8. The number of benzene rings is 3. The molecular weight excluding hydrogens is 717 g/mol. The predicted molar refractivity (Wildman–Crippen MR) is 231 cm³/mol. The lowest BCUT2D eigenvalue weighted by atomic mass is 9.80. The average molecular weight is 793 g/mol. The second-order valence-electron chi connectivity index (χ2n) is 14.5. The molecule has 8 heteroatoms. The second kappa shape index (κ2) is 35.3. The molecule has 0 fully saturated rings. The lowest BCUT2D eigenvalue weighted by Crippen LogP contribution is -2.34. The first kappa shape index (κ1) is 48.7. The Labute approximate surface area is 346 Å². The van der Waals surface area contributed by atoms with E-state index >= 15 is 0 Å². The van der Waals surface area contributed by atoms with Gasteiger partial charge >= 0.3 is 0 Å². The van der Waals surface area contributed by atoms with Crippen LogP contribution in [0.25, 0.3) is 0 Å². The molecule has 0 aliphatic carbocycles. The lowest BCUT2D eigenvalue weighted by molar-refractivity contribution is -0.0397. The first-order chi connectivity index (χ1) is 28.4. The molecule has 0 heterocycles. The van der Waals surface area contributed by atoms with Gasteiger partial charge in [-0.1, -0.05) is 181 Å². The van der Waals surface area contributed by atoms with Gasteiger partial charge in [0, 0.05) is 6.61 Å². The van der Waals surface area contributed by atoms with Crippen LogP contribution in [0.5, 0.6) is 0 Å². The van der Waals surface area contributed by atoms with E-state index < -0.39 is 5.60 Å². The Bertz CT molecular complexity index is 1170. The molecule has 57 heavy (non-hydrogen) atoms. The minimum Gasteiger partial charge on any atom is -0.379 e. The summed E-state index contributed by atoms with van der Waals surface area (Å²) in [4.78, 5) is 0. The molecule has 0 amide bonds. The first-order valence-corrected chi connectivity index (χ1v) is 22.2. The van der Waals surface area contributed by atoms with Crippen molar-refractivity contribution in [2.45, 2.75) is 102 Å². The molecule has 0 radical (unpaired) electrons. The Kier molecular flexibility index (Phi) is 30.2. The maximum Gasteiger partial charge on any atom is 0.143 e. The van der Waals surface area contributed by atoms with Crippen LogP contribution in [0.2, 0.25) is 0 Å². The summed E-state index contributed by atoms with van der Waals surface area (Å²) < 4.78 is 46.4. The maximum atomic E-state index is 6.74. The van der Waals surface area contributed by atoms with Gasteiger partial charge in [0.1, 0.15) is 5.60 Å². The van der Waals surface area contributed by atoms with E-state index in [1.807, 2.05) is 18.2 Å². The molecule has 3 rings (SSSR count). The fraction of sp³-hybridized carbons (Fsp3) is 0.633. The topological polar surface area (TPSA) is 73.8 Å². The largest absolute Gasteiger partial charge is 0.379 e. The molecular formula is C49H76O8. The van der Waals surface area contributed by atoms with E-state index in [9.17, 15) is 0 Å². The summed E-state index contributed by atoms with van der Waals surface area (Å²) in [5.74, 6) is 0. The Morgan fingerprint density at radius 3 is 0.825 bits per heavy atom. The monoisotopic (exact) mass is 793 g/mol. The molecule has 0 N–H and O–H groups in total. The maximum absolute atomic E-state index is 6.74. The zero-order valence-electron chi connectivity index (χ0n) is 35.4. The highest BCUT2D eigenvalue weighted by Gasteiger charge is 2.37. The van der Waals surface area contributed by atoms with Gasteiger partial charge in [-0.15, -0.1) is 0 Å². The quantitative estimate of drug-likeness (QED) is 0.0416. The molecule has 0 atom stereocenters. The van der Waals surface area contributed by atoms with E-state index in [0.29, 0.717) is 92.5 Å². The van der Waals surface area contributed by atoms with E-state index in [-0.39, 0.29) is 0 Å². The van der Waals surface area contributed by atoms with Crippen molar-refractivity contribution in [2.75, 3.05) is 99.1 Å². The van der Waals surface area contributed by atoms with Crippen LogP contribution in [0, 0.1) is 0 Å². The highest BCUT2D eigenvalue weighted by molar-refractivity contribution is 5.47. The molecule has 0 bridgehead atoms. The van der Waals surface area contributed by atoms with Gasteiger partial charge in [-0.3, -0.25) is 0 Å². The lowest BCUT2D eigenvalue weighted by Gasteiger charge is -2.36. The molecule has 0 spiro atoms. The van der Waals surface area contributed by atoms with Gasteiger partial charge < -0.3 is 37.9 Å². The summed E-state index contributed by atoms with van der Waals surface area (Å²) in [7, 11) is 0. The van der Waals surface area contributed by atoms with Gasteiger partial charge in [0.05, 0.1) is 92.5 Å². The van der Waals surface area contributed by atoms with E-state index in [4.69, 9.17) is 37.9 Å². The van der Waals surface area contributed by atoms with Crippen molar-refractivity contribution < 1.29 is 37.9 Å². The van der Waals surface area contributed by atoms with Crippen LogP contribution >= 0.6 is 0 Å². The van der Waals surface area contributed by atoms with Crippen LogP contribution in [0.1, 0.15) is 114 Å². The highest BCUT2D eigenvalue weighted by atomic mass is 16.6. The summed E-state index contributed by atoms with van der Waals surface area (Å²) in [6.07, 6.45) is 19.3. The molecule has 0 aromatic heterocycles. The normalized spacial score (nSPS) is 11.7. The fourth-order valence-electron chi connectivity index (χ4n) is 6.84. The molecule has 3 aromatic rings. The molecule has 0 aliphatic rings. The van der Waals surface area contributed by atoms with Crippen LogP contribution < -0.4 is 0 Å². The number of unbranched alkanes of at least 4 members (excludes halogenated alkanes) is 13. The smallest absolute Gasteiger partial charge is 0.143 e. The first-order valence-electron chi connectivity index (χ1n) is 22.2. The fourth-order valence-corrected chi connectivity index (χ4v) is 6.84. The summed E-state index contributed by atoms with van der Waals surface area (Å²) >= 11 is 0. The number of rotatable bonds is 40. The van der Waals surface area contributed by atoms with Gasteiger partial charge in [-0.2, -0.15) is 0 Å². The Morgan fingerprint density at radius 2 is 0.526 bits per heavy atom. The van der Waals surface area contributed by atoms with Gasteiger partial charge in [-0.05, 0) is 23.1 Å². The van der Waals surface area contributed by atoms with Crippen molar-refractivity contribution >= 4 is 0 Å². The minimum atomic E-state index is -0.743. The summed E-state index contributed by atoms with van der Waals surface area (Å²) in [5.41, 5.74) is 2.49. The van der Waals surface area contributed by atoms with E-state index in [2.05, 4.69) is 79.7 Å². The van der Waals surface area contributed by atoms with Crippen LogP contribution in [-0.4, -0.2) is 99.1 Å². The Hall–Kier alpha value is -2.66. The standard InChI is InChI=1S/C49H76O8/c1-2-3-4-5-6-7-8-9-10-11-12-13-14-24-31-50-32-33-51-34-35-52-36-37-53-38-39-54-40-41-55-42-43-56-44-45-57-49(46-25-18-15-19-26-46,47-27-20-16-21-28-47)48-29-22-17-23-30-48/h15-23,25-30H,2-14,24,31-45H2,1H3. The second-order valence-corrected chi connectivity index (χ2v) is 14.5. The molecule has 8 nitrogen and oxygen atoms in total. The van der Waals surface area contributed by atoms with Crippen LogP contribution in [0.3, 0.4) is 0 Å². The van der Waals surface area contributed by atoms with E-state index in [0.717, 1.165) is 29.7 Å². The number of hydrogen-bond donors (Lipinski definition) is 0. The van der Waals surface area contributed by atoms with Crippen LogP contribution in [0.4, 0.5) is 0 Å². The van der Waals surface area contributed by atoms with Crippen LogP contribution in [-0.2, 0) is 43.5 Å². The molecule has 0 unspecified atom stereocenters. The average Bonchev–Trinajstić information content (AvgIpc) is 3.26. The van der Waals surface area contributed by atoms with Crippen molar-refractivity contribution in [1.29, 1.82) is 0 Å². The van der Waals surface area contributed by atoms with Crippen molar-refractivity contribution in [2.24, 2.45) is 0 Å². The molecule has 320 valence electrons. The molecule has 0 aliphatic heterocycles.